The number of nitrogens with zero attached hydrogens (tertiary/aromatic N) is 1. The van der Waals surface area contributed by atoms with Crippen molar-refractivity contribution in [1.82, 2.24) is 0 Å². The summed E-state index contributed by atoms with van der Waals surface area (Å²) >= 11 is 1.73. The van der Waals surface area contributed by atoms with Crippen LogP contribution >= 0.6 is 11.8 Å². The zero-order valence-corrected chi connectivity index (χ0v) is 10.2. The summed E-state index contributed by atoms with van der Waals surface area (Å²) in [4.78, 5) is 1.25. The topological polar surface area (TPSA) is 35.8 Å². The Kier molecular flexibility index (Phi) is 4.05. The van der Waals surface area contributed by atoms with Crippen molar-refractivity contribution < 1.29 is 0 Å². The van der Waals surface area contributed by atoms with Gasteiger partial charge in [-0.1, -0.05) is 0 Å². The van der Waals surface area contributed by atoms with Gasteiger partial charge in [0.15, 0.2) is 0 Å². The molecule has 1 aromatic carbocycles. The molecule has 0 amide bonds. The normalized spacial score (nSPS) is 10.8. The van der Waals surface area contributed by atoms with E-state index in [9.17, 15) is 0 Å². The second-order valence-corrected chi connectivity index (χ2v) is 4.96. The molecular formula is C12H16N2S. The molecule has 3 heteroatoms. The fourth-order valence-electron chi connectivity index (χ4n) is 1.07. The molecular weight excluding hydrogens is 204 g/mol. The van der Waals surface area contributed by atoms with Gasteiger partial charge in [-0.15, -0.1) is 11.8 Å². The largest absolute Gasteiger partial charge is 0.383 e. The van der Waals surface area contributed by atoms with Crippen LogP contribution in [0.2, 0.25) is 0 Å². The molecule has 0 atom stereocenters. The summed E-state index contributed by atoms with van der Waals surface area (Å²) in [5.74, 6) is 0. The lowest BCUT2D eigenvalue weighted by molar-refractivity contribution is 0.529. The second-order valence-electron chi connectivity index (χ2n) is 4.08. The highest BCUT2D eigenvalue weighted by atomic mass is 32.2. The van der Waals surface area contributed by atoms with Crippen LogP contribution in [0, 0.1) is 16.7 Å². The first-order valence-corrected chi connectivity index (χ1v) is 6.09. The lowest BCUT2D eigenvalue weighted by atomic mass is 9.96. The van der Waals surface area contributed by atoms with Crippen molar-refractivity contribution in [3.8, 4) is 6.07 Å². The van der Waals surface area contributed by atoms with Crippen LogP contribution in [0.25, 0.3) is 0 Å². The van der Waals surface area contributed by atoms with Gasteiger partial charge >= 0.3 is 0 Å². The maximum absolute atomic E-state index is 8.86. The predicted molar refractivity (Wildman–Crippen MR) is 66.1 cm³/mol. The molecule has 0 heterocycles. The third-order valence-corrected chi connectivity index (χ3v) is 2.87. The predicted octanol–water partition coefficient (Wildman–Crippen LogP) is 3.37. The van der Waals surface area contributed by atoms with Crippen LogP contribution in [0.3, 0.4) is 0 Å². The summed E-state index contributed by atoms with van der Waals surface area (Å²) in [5, 5.41) is 12.1. The molecule has 1 N–H and O–H groups in total. The Morgan fingerprint density at radius 3 is 2.40 bits per heavy atom. The van der Waals surface area contributed by atoms with E-state index in [1.807, 2.05) is 26.0 Å². The van der Waals surface area contributed by atoms with Crippen molar-refractivity contribution >= 4 is 17.4 Å². The fourth-order valence-corrected chi connectivity index (χ4v) is 1.48. The van der Waals surface area contributed by atoms with E-state index in [0.717, 1.165) is 5.69 Å². The molecule has 1 rings (SSSR count). The lowest BCUT2D eigenvalue weighted by Crippen LogP contribution is -2.20. The molecule has 0 aliphatic rings. The average Bonchev–Trinajstić information content (AvgIpc) is 2.27. The summed E-state index contributed by atoms with van der Waals surface area (Å²) in [7, 11) is 0. The van der Waals surface area contributed by atoms with E-state index < -0.39 is 0 Å². The Hall–Kier alpha value is -1.14. The van der Waals surface area contributed by atoms with E-state index in [-0.39, 0.29) is 5.41 Å². The number of nitriles is 1. The monoisotopic (exact) mass is 220 g/mol. The summed E-state index contributed by atoms with van der Waals surface area (Å²) in [5.41, 5.74) is 0.745. The minimum Gasteiger partial charge on any atom is -0.383 e. The summed E-state index contributed by atoms with van der Waals surface area (Å²) in [6, 6.07) is 10.5. The fraction of sp³-hybridized carbons (Fsp3) is 0.417. The van der Waals surface area contributed by atoms with E-state index in [1.165, 1.54) is 4.90 Å². The summed E-state index contributed by atoms with van der Waals surface area (Å²) < 4.78 is 0. The van der Waals surface area contributed by atoms with Crippen molar-refractivity contribution in [3.05, 3.63) is 24.3 Å². The van der Waals surface area contributed by atoms with Crippen LogP contribution in [-0.2, 0) is 0 Å². The first kappa shape index (κ1) is 11.9. The van der Waals surface area contributed by atoms with Crippen LogP contribution in [0.5, 0.6) is 0 Å². The van der Waals surface area contributed by atoms with Crippen LogP contribution in [0.1, 0.15) is 13.8 Å². The van der Waals surface area contributed by atoms with Crippen LogP contribution in [0.15, 0.2) is 29.2 Å². The Balaban J connectivity index is 2.56. The van der Waals surface area contributed by atoms with E-state index in [4.69, 9.17) is 5.26 Å². The van der Waals surface area contributed by atoms with Crippen molar-refractivity contribution in [2.45, 2.75) is 18.7 Å². The molecule has 80 valence electrons. The van der Waals surface area contributed by atoms with Crippen molar-refractivity contribution in [2.24, 2.45) is 5.41 Å². The van der Waals surface area contributed by atoms with Gasteiger partial charge in [-0.05, 0) is 44.4 Å². The minimum absolute atomic E-state index is 0.321. The molecule has 0 aromatic heterocycles. The molecule has 2 nitrogen and oxygen atoms in total. The van der Waals surface area contributed by atoms with E-state index >= 15 is 0 Å². The number of rotatable bonds is 4. The molecule has 0 saturated heterocycles. The number of anilines is 1. The Labute approximate surface area is 95.7 Å². The highest BCUT2D eigenvalue weighted by molar-refractivity contribution is 7.98. The van der Waals surface area contributed by atoms with Gasteiger partial charge in [0.2, 0.25) is 0 Å². The van der Waals surface area contributed by atoms with Crippen LogP contribution in [0.4, 0.5) is 5.69 Å². The number of hydrogen-bond acceptors (Lipinski definition) is 3. The molecule has 0 radical (unpaired) electrons. The molecule has 0 fully saturated rings. The average molecular weight is 220 g/mol. The maximum atomic E-state index is 8.86. The smallest absolute Gasteiger partial charge is 0.0702 e. The summed E-state index contributed by atoms with van der Waals surface area (Å²) in [6.07, 6.45) is 2.06. The second kappa shape index (κ2) is 5.09. The van der Waals surface area contributed by atoms with Gasteiger partial charge in [-0.25, -0.2) is 0 Å². The molecule has 0 spiro atoms. The Morgan fingerprint density at radius 2 is 1.93 bits per heavy atom. The SMILES string of the molecule is CSc1ccc(NCC(C)(C)C#N)cc1. The van der Waals surface area contributed by atoms with E-state index in [0.29, 0.717) is 6.54 Å². The van der Waals surface area contributed by atoms with Crippen LogP contribution < -0.4 is 5.32 Å². The zero-order valence-electron chi connectivity index (χ0n) is 9.37. The van der Waals surface area contributed by atoms with Gasteiger partial charge in [0, 0.05) is 17.1 Å². The van der Waals surface area contributed by atoms with Gasteiger partial charge in [-0.2, -0.15) is 5.26 Å². The van der Waals surface area contributed by atoms with Gasteiger partial charge in [0.05, 0.1) is 11.5 Å². The third kappa shape index (κ3) is 3.85. The first-order valence-electron chi connectivity index (χ1n) is 4.86. The van der Waals surface area contributed by atoms with Gasteiger partial charge < -0.3 is 5.32 Å². The molecule has 0 unspecified atom stereocenters. The standard InChI is InChI=1S/C12H16N2S/c1-12(2,8-13)9-14-10-4-6-11(15-3)7-5-10/h4-7,14H,9H2,1-3H3. The van der Waals surface area contributed by atoms with Gasteiger partial charge in [-0.3, -0.25) is 0 Å². The first-order chi connectivity index (χ1) is 7.07. The molecule has 0 saturated carbocycles. The molecule has 0 bridgehead atoms. The Morgan fingerprint density at radius 1 is 1.33 bits per heavy atom. The van der Waals surface area contributed by atoms with Crippen molar-refractivity contribution in [3.63, 3.8) is 0 Å². The summed E-state index contributed by atoms with van der Waals surface area (Å²) in [6.45, 7) is 4.52. The van der Waals surface area contributed by atoms with Gasteiger partial charge in [0.25, 0.3) is 0 Å². The number of hydrogen-bond donors (Lipinski definition) is 1. The quantitative estimate of drug-likeness (QED) is 0.790. The maximum Gasteiger partial charge on any atom is 0.0702 e. The minimum atomic E-state index is -0.321. The zero-order chi connectivity index (χ0) is 11.3. The number of nitrogens with one attached hydrogen (secondary N) is 1. The van der Waals surface area contributed by atoms with Gasteiger partial charge in [0.1, 0.15) is 0 Å². The number of benzene rings is 1. The van der Waals surface area contributed by atoms with E-state index in [2.05, 4.69) is 29.8 Å². The molecule has 0 aliphatic carbocycles. The molecule has 15 heavy (non-hydrogen) atoms. The third-order valence-electron chi connectivity index (χ3n) is 2.13. The van der Waals surface area contributed by atoms with E-state index in [1.54, 1.807) is 11.8 Å². The number of thioether (sulfide) groups is 1. The highest BCUT2D eigenvalue weighted by Gasteiger charge is 2.15. The molecule has 0 aliphatic heterocycles. The Bertz CT molecular complexity index is 349. The molecule has 1 aromatic rings. The highest BCUT2D eigenvalue weighted by Crippen LogP contribution is 2.19. The van der Waals surface area contributed by atoms with Crippen molar-refractivity contribution in [2.75, 3.05) is 18.1 Å². The lowest BCUT2D eigenvalue weighted by Gasteiger charge is -2.16. The van der Waals surface area contributed by atoms with Crippen LogP contribution in [-0.4, -0.2) is 12.8 Å². The van der Waals surface area contributed by atoms with Crippen molar-refractivity contribution in [1.29, 1.82) is 5.26 Å².